The zero-order valence-electron chi connectivity index (χ0n) is 10.9. The number of fused-ring (bicyclic) bond motifs is 5. The van der Waals surface area contributed by atoms with E-state index in [9.17, 15) is 4.79 Å². The summed E-state index contributed by atoms with van der Waals surface area (Å²) in [5.41, 5.74) is 4.49. The monoisotopic (exact) mass is 284 g/mol. The Hall–Kier alpha value is -2.14. The molecule has 20 heavy (non-hydrogen) atoms. The lowest BCUT2D eigenvalue weighted by Gasteiger charge is -2.16. The molecule has 2 heterocycles. The van der Waals surface area contributed by atoms with Gasteiger partial charge in [0.1, 0.15) is 10.4 Å². The summed E-state index contributed by atoms with van der Waals surface area (Å²) >= 11 is 1.54. The van der Waals surface area contributed by atoms with Crippen LogP contribution in [0, 0.1) is 0 Å². The molecule has 0 unspecified atom stereocenters. The van der Waals surface area contributed by atoms with Crippen LogP contribution in [-0.2, 0) is 12.8 Å². The van der Waals surface area contributed by atoms with Crippen molar-refractivity contribution in [3.8, 4) is 16.2 Å². The molecule has 0 saturated heterocycles. The lowest BCUT2D eigenvalue weighted by atomic mass is 9.91. The number of methoxy groups -OCH3 is 1. The first kappa shape index (κ1) is 11.7. The van der Waals surface area contributed by atoms with Gasteiger partial charge >= 0.3 is 0 Å². The minimum atomic E-state index is -0.0514. The van der Waals surface area contributed by atoms with E-state index < -0.39 is 0 Å². The van der Waals surface area contributed by atoms with E-state index in [0.717, 1.165) is 28.8 Å². The van der Waals surface area contributed by atoms with E-state index >= 15 is 0 Å². The SMILES string of the molecule is COc1ccc2c(c1)CCc1c-2sc2c(=O)[nH]cnc12. The lowest BCUT2D eigenvalue weighted by molar-refractivity contribution is 0.414. The third-order valence-corrected chi connectivity index (χ3v) is 5.03. The molecular weight excluding hydrogens is 272 g/mol. The molecule has 0 amide bonds. The van der Waals surface area contributed by atoms with E-state index in [1.165, 1.54) is 39.2 Å². The number of nitrogens with zero attached hydrogens (tertiary/aromatic N) is 1. The number of aromatic amines is 1. The van der Waals surface area contributed by atoms with Crippen molar-refractivity contribution < 1.29 is 4.74 Å². The number of hydrogen-bond acceptors (Lipinski definition) is 4. The van der Waals surface area contributed by atoms with Crippen molar-refractivity contribution in [1.82, 2.24) is 9.97 Å². The van der Waals surface area contributed by atoms with Gasteiger partial charge < -0.3 is 9.72 Å². The fourth-order valence-corrected chi connectivity index (χ4v) is 4.06. The summed E-state index contributed by atoms with van der Waals surface area (Å²) in [6, 6.07) is 6.13. The number of aryl methyl sites for hydroxylation is 2. The highest BCUT2D eigenvalue weighted by Crippen LogP contribution is 2.42. The molecule has 4 nitrogen and oxygen atoms in total. The van der Waals surface area contributed by atoms with Crippen LogP contribution in [0.25, 0.3) is 20.7 Å². The zero-order chi connectivity index (χ0) is 13.7. The predicted molar refractivity (Wildman–Crippen MR) is 79.6 cm³/mol. The Kier molecular flexibility index (Phi) is 2.44. The second kappa shape index (κ2) is 4.18. The quantitative estimate of drug-likeness (QED) is 0.747. The van der Waals surface area contributed by atoms with Crippen molar-refractivity contribution in [3.63, 3.8) is 0 Å². The van der Waals surface area contributed by atoms with E-state index in [2.05, 4.69) is 22.1 Å². The Labute approximate surface area is 119 Å². The summed E-state index contributed by atoms with van der Waals surface area (Å²) in [5, 5.41) is 0. The van der Waals surface area contributed by atoms with Crippen LogP contribution in [0.2, 0.25) is 0 Å². The van der Waals surface area contributed by atoms with Crippen LogP contribution in [0.4, 0.5) is 0 Å². The third-order valence-electron chi connectivity index (χ3n) is 3.78. The van der Waals surface area contributed by atoms with E-state index in [1.807, 2.05) is 6.07 Å². The van der Waals surface area contributed by atoms with Gasteiger partial charge in [0.05, 0.1) is 19.0 Å². The molecule has 0 radical (unpaired) electrons. The van der Waals surface area contributed by atoms with Gasteiger partial charge in [0.25, 0.3) is 5.56 Å². The van der Waals surface area contributed by atoms with Gasteiger partial charge in [-0.3, -0.25) is 4.79 Å². The molecule has 4 rings (SSSR count). The number of rotatable bonds is 1. The number of ether oxygens (including phenoxy) is 1. The van der Waals surface area contributed by atoms with Gasteiger partial charge in [0.15, 0.2) is 0 Å². The van der Waals surface area contributed by atoms with E-state index in [0.29, 0.717) is 0 Å². The molecule has 0 fully saturated rings. The molecule has 0 aliphatic heterocycles. The van der Waals surface area contributed by atoms with Crippen LogP contribution >= 0.6 is 11.3 Å². The number of thiophene rings is 1. The number of nitrogens with one attached hydrogen (secondary N) is 1. The summed E-state index contributed by atoms with van der Waals surface area (Å²) in [7, 11) is 1.68. The maximum absolute atomic E-state index is 11.9. The van der Waals surface area contributed by atoms with Gasteiger partial charge in [0.2, 0.25) is 0 Å². The van der Waals surface area contributed by atoms with Crippen molar-refractivity contribution in [2.75, 3.05) is 7.11 Å². The molecule has 0 atom stereocenters. The highest BCUT2D eigenvalue weighted by Gasteiger charge is 2.23. The van der Waals surface area contributed by atoms with Crippen LogP contribution < -0.4 is 10.3 Å². The lowest BCUT2D eigenvalue weighted by Crippen LogP contribution is -2.05. The molecular formula is C15H12N2O2S. The van der Waals surface area contributed by atoms with Gasteiger partial charge in [-0.05, 0) is 47.7 Å². The van der Waals surface area contributed by atoms with Gasteiger partial charge in [-0.2, -0.15) is 0 Å². The molecule has 100 valence electrons. The van der Waals surface area contributed by atoms with Crippen LogP contribution in [0.15, 0.2) is 29.3 Å². The maximum atomic E-state index is 11.9. The summed E-state index contributed by atoms with van der Waals surface area (Å²) in [5.74, 6) is 0.879. The Morgan fingerprint density at radius 1 is 1.35 bits per heavy atom. The first-order valence-electron chi connectivity index (χ1n) is 6.44. The molecule has 0 bridgehead atoms. The molecule has 1 N–H and O–H groups in total. The summed E-state index contributed by atoms with van der Waals surface area (Å²) in [6.07, 6.45) is 3.37. The van der Waals surface area contributed by atoms with E-state index in [1.54, 1.807) is 7.11 Å². The number of hydrogen-bond donors (Lipinski definition) is 1. The summed E-state index contributed by atoms with van der Waals surface area (Å²) in [6.45, 7) is 0. The average Bonchev–Trinajstić information content (AvgIpc) is 2.87. The minimum absolute atomic E-state index is 0.0514. The summed E-state index contributed by atoms with van der Waals surface area (Å²) in [4.78, 5) is 20.1. The van der Waals surface area contributed by atoms with Crippen LogP contribution in [0.1, 0.15) is 11.1 Å². The van der Waals surface area contributed by atoms with Crippen LogP contribution in [0.5, 0.6) is 5.75 Å². The first-order valence-corrected chi connectivity index (χ1v) is 7.26. The highest BCUT2D eigenvalue weighted by atomic mass is 32.1. The third kappa shape index (κ3) is 1.53. The van der Waals surface area contributed by atoms with Crippen molar-refractivity contribution >= 4 is 21.6 Å². The Morgan fingerprint density at radius 2 is 2.25 bits per heavy atom. The largest absolute Gasteiger partial charge is 0.497 e. The molecule has 0 saturated carbocycles. The molecule has 1 aliphatic carbocycles. The normalized spacial score (nSPS) is 13.1. The van der Waals surface area contributed by atoms with E-state index in [-0.39, 0.29) is 5.56 Å². The first-order chi connectivity index (χ1) is 9.78. The molecule has 0 spiro atoms. The number of H-pyrrole nitrogens is 1. The van der Waals surface area contributed by atoms with Gasteiger partial charge in [-0.25, -0.2) is 4.98 Å². The second-order valence-corrected chi connectivity index (χ2v) is 5.86. The number of benzene rings is 1. The highest BCUT2D eigenvalue weighted by molar-refractivity contribution is 7.22. The predicted octanol–water partition coefficient (Wildman–Crippen LogP) is 2.76. The molecule has 2 aromatic heterocycles. The van der Waals surface area contributed by atoms with Gasteiger partial charge in [-0.15, -0.1) is 11.3 Å². The van der Waals surface area contributed by atoms with Gasteiger partial charge in [-0.1, -0.05) is 0 Å². The number of aromatic nitrogens is 2. The Morgan fingerprint density at radius 3 is 3.10 bits per heavy atom. The summed E-state index contributed by atoms with van der Waals surface area (Å²) < 4.78 is 6.01. The smallest absolute Gasteiger partial charge is 0.268 e. The maximum Gasteiger partial charge on any atom is 0.268 e. The van der Waals surface area contributed by atoms with E-state index in [4.69, 9.17) is 4.74 Å². The van der Waals surface area contributed by atoms with Crippen molar-refractivity contribution in [3.05, 3.63) is 46.0 Å². The van der Waals surface area contributed by atoms with Crippen molar-refractivity contribution in [2.45, 2.75) is 12.8 Å². The minimum Gasteiger partial charge on any atom is -0.497 e. The molecule has 3 aromatic rings. The van der Waals surface area contributed by atoms with Crippen LogP contribution in [-0.4, -0.2) is 17.1 Å². The Balaban J connectivity index is 2.03. The van der Waals surface area contributed by atoms with Crippen molar-refractivity contribution in [1.29, 1.82) is 0 Å². The average molecular weight is 284 g/mol. The Bertz CT molecular complexity index is 879. The van der Waals surface area contributed by atoms with Crippen molar-refractivity contribution in [2.24, 2.45) is 0 Å². The molecule has 5 heteroatoms. The molecule has 1 aliphatic rings. The zero-order valence-corrected chi connectivity index (χ0v) is 11.7. The van der Waals surface area contributed by atoms with Crippen LogP contribution in [0.3, 0.4) is 0 Å². The molecule has 1 aromatic carbocycles. The standard InChI is InChI=1S/C15H12N2O2S/c1-19-9-3-5-10-8(6-9)2-4-11-12-14(20-13(10)11)15(18)17-7-16-12/h3,5-7H,2,4H2,1H3,(H,16,17,18). The van der Waals surface area contributed by atoms with Gasteiger partial charge in [0, 0.05) is 4.88 Å². The topological polar surface area (TPSA) is 55.0 Å². The second-order valence-electron chi connectivity index (χ2n) is 4.84. The fraction of sp³-hybridized carbons (Fsp3) is 0.200. The fourth-order valence-electron chi connectivity index (χ4n) is 2.80.